The Balaban J connectivity index is 3.80. The number of hydrogen-bond donors (Lipinski definition) is 4. The lowest BCUT2D eigenvalue weighted by atomic mass is 10.1. The van der Waals surface area contributed by atoms with Gasteiger partial charge in [0.2, 0.25) is 0 Å². The Labute approximate surface area is 58.1 Å². The molecule has 0 fully saturated rings. The van der Waals surface area contributed by atoms with Crippen LogP contribution in [0, 0.1) is 0 Å². The van der Waals surface area contributed by atoms with E-state index in [2.05, 4.69) is 0 Å². The predicted molar refractivity (Wildman–Crippen MR) is 33.1 cm³/mol. The number of carbonyl (C=O) groups excluding carboxylic acids is 1. The molecule has 0 spiro atoms. The summed E-state index contributed by atoms with van der Waals surface area (Å²) in [6.45, 7) is -0.466. The van der Waals surface area contributed by atoms with Gasteiger partial charge < -0.3 is 25.8 Å². The molecule has 0 aromatic rings. The minimum absolute atomic E-state index is 0.167. The number of hydrogen-bond acceptors (Lipinski definition) is 5. The minimum Gasteiger partial charge on any atom is -0.395 e. The highest BCUT2D eigenvalue weighted by Gasteiger charge is 2.21. The molecule has 0 aliphatic carbocycles. The normalized spacial score (nSPS) is 19.6. The van der Waals surface area contributed by atoms with E-state index in [4.69, 9.17) is 21.1 Å². The molecule has 5 heteroatoms. The average molecular weight is 149 g/mol. The lowest BCUT2D eigenvalue weighted by Crippen LogP contribution is -2.45. The molecule has 3 atom stereocenters. The maximum absolute atomic E-state index is 9.82. The third-order valence-electron chi connectivity index (χ3n) is 1.14. The van der Waals surface area contributed by atoms with Gasteiger partial charge in [-0.1, -0.05) is 0 Å². The van der Waals surface area contributed by atoms with Crippen molar-refractivity contribution in [3.63, 3.8) is 0 Å². The van der Waals surface area contributed by atoms with E-state index in [9.17, 15) is 4.79 Å². The third-order valence-corrected chi connectivity index (χ3v) is 1.14. The predicted octanol–water partition coefficient (Wildman–Crippen LogP) is -2.77. The van der Waals surface area contributed by atoms with Crippen LogP contribution in [0.15, 0.2) is 0 Å². The van der Waals surface area contributed by atoms with Crippen molar-refractivity contribution in [3.8, 4) is 0 Å². The number of aldehydes is 1. The SMILES string of the molecule is NC(CO)C(O)C(O)C=O. The molecule has 0 aliphatic heterocycles. The highest BCUT2D eigenvalue weighted by atomic mass is 16.3. The number of aliphatic hydroxyl groups is 3. The Hall–Kier alpha value is -0.490. The van der Waals surface area contributed by atoms with Gasteiger partial charge in [0.15, 0.2) is 6.29 Å². The molecule has 0 amide bonds. The topological polar surface area (TPSA) is 104 Å². The van der Waals surface area contributed by atoms with Crippen LogP contribution in [0.5, 0.6) is 0 Å². The van der Waals surface area contributed by atoms with Crippen molar-refractivity contribution in [2.24, 2.45) is 5.73 Å². The molecule has 0 aliphatic rings. The van der Waals surface area contributed by atoms with Gasteiger partial charge >= 0.3 is 0 Å². The lowest BCUT2D eigenvalue weighted by molar-refractivity contribution is -0.121. The van der Waals surface area contributed by atoms with Crippen LogP contribution in [0.1, 0.15) is 0 Å². The quantitative estimate of drug-likeness (QED) is 0.324. The Morgan fingerprint density at radius 3 is 2.30 bits per heavy atom. The molecule has 60 valence electrons. The molecule has 0 heterocycles. The molecule has 10 heavy (non-hydrogen) atoms. The fraction of sp³-hybridized carbons (Fsp3) is 0.800. The summed E-state index contributed by atoms with van der Waals surface area (Å²) in [4.78, 5) is 9.82. The molecule has 0 radical (unpaired) electrons. The van der Waals surface area contributed by atoms with Crippen molar-refractivity contribution in [2.45, 2.75) is 18.2 Å². The molecule has 0 saturated heterocycles. The fourth-order valence-corrected chi connectivity index (χ4v) is 0.442. The second kappa shape index (κ2) is 4.35. The molecule has 5 N–H and O–H groups in total. The number of nitrogens with two attached hydrogens (primary N) is 1. The van der Waals surface area contributed by atoms with Crippen LogP contribution < -0.4 is 5.73 Å². The van der Waals surface area contributed by atoms with Crippen LogP contribution in [-0.4, -0.2) is 46.5 Å². The van der Waals surface area contributed by atoms with E-state index in [1.807, 2.05) is 0 Å². The van der Waals surface area contributed by atoms with Crippen LogP contribution in [0.3, 0.4) is 0 Å². The maximum Gasteiger partial charge on any atom is 0.151 e. The zero-order valence-corrected chi connectivity index (χ0v) is 5.34. The van der Waals surface area contributed by atoms with E-state index in [1.54, 1.807) is 0 Å². The first kappa shape index (κ1) is 9.51. The molecule has 0 aromatic heterocycles. The average Bonchev–Trinajstić information content (AvgIpc) is 2.00. The summed E-state index contributed by atoms with van der Waals surface area (Å²) in [7, 11) is 0. The van der Waals surface area contributed by atoms with Gasteiger partial charge in [-0.05, 0) is 0 Å². The van der Waals surface area contributed by atoms with Crippen LogP contribution in [0.2, 0.25) is 0 Å². The van der Waals surface area contributed by atoms with Gasteiger partial charge in [-0.15, -0.1) is 0 Å². The summed E-state index contributed by atoms with van der Waals surface area (Å²) in [5.74, 6) is 0. The molecular formula is C5H11NO4. The molecule has 5 nitrogen and oxygen atoms in total. The first-order valence-electron chi connectivity index (χ1n) is 2.81. The molecule has 0 rings (SSSR count). The number of rotatable bonds is 4. The summed E-state index contributed by atoms with van der Waals surface area (Å²) in [5.41, 5.74) is 5.07. The Bertz CT molecular complexity index is 108. The van der Waals surface area contributed by atoms with Gasteiger partial charge in [0.25, 0.3) is 0 Å². The Kier molecular flexibility index (Phi) is 4.13. The summed E-state index contributed by atoms with van der Waals surface area (Å²) < 4.78 is 0. The van der Waals surface area contributed by atoms with Gasteiger partial charge in [0.1, 0.15) is 12.2 Å². The summed E-state index contributed by atoms with van der Waals surface area (Å²) in [6.07, 6.45) is -2.73. The number of aliphatic hydroxyl groups excluding tert-OH is 3. The molecule has 3 unspecified atom stereocenters. The van der Waals surface area contributed by atoms with Crippen molar-refractivity contribution in [1.82, 2.24) is 0 Å². The van der Waals surface area contributed by atoms with Gasteiger partial charge in [-0.25, -0.2) is 0 Å². The van der Waals surface area contributed by atoms with Crippen LogP contribution in [0.25, 0.3) is 0 Å². The number of carbonyl (C=O) groups is 1. The first-order chi connectivity index (χ1) is 4.63. The van der Waals surface area contributed by atoms with Crippen molar-refractivity contribution in [3.05, 3.63) is 0 Å². The van der Waals surface area contributed by atoms with Crippen LogP contribution in [-0.2, 0) is 4.79 Å². The van der Waals surface area contributed by atoms with E-state index in [1.165, 1.54) is 0 Å². The van der Waals surface area contributed by atoms with Gasteiger partial charge in [-0.2, -0.15) is 0 Å². The third kappa shape index (κ3) is 2.40. The van der Waals surface area contributed by atoms with Crippen molar-refractivity contribution in [1.29, 1.82) is 0 Å². The van der Waals surface area contributed by atoms with E-state index in [-0.39, 0.29) is 6.29 Å². The molecular weight excluding hydrogens is 138 g/mol. The van der Waals surface area contributed by atoms with Crippen molar-refractivity contribution >= 4 is 6.29 Å². The fourth-order valence-electron chi connectivity index (χ4n) is 0.442. The van der Waals surface area contributed by atoms with Gasteiger partial charge in [0.05, 0.1) is 12.6 Å². The maximum atomic E-state index is 9.82. The zero-order valence-electron chi connectivity index (χ0n) is 5.34. The van der Waals surface area contributed by atoms with Crippen molar-refractivity contribution < 1.29 is 20.1 Å². The van der Waals surface area contributed by atoms with E-state index >= 15 is 0 Å². The van der Waals surface area contributed by atoms with Crippen LogP contribution in [0.4, 0.5) is 0 Å². The van der Waals surface area contributed by atoms with Crippen LogP contribution >= 0.6 is 0 Å². The van der Waals surface area contributed by atoms with E-state index in [0.29, 0.717) is 0 Å². The lowest BCUT2D eigenvalue weighted by Gasteiger charge is -2.17. The van der Waals surface area contributed by atoms with E-state index < -0.39 is 24.9 Å². The Morgan fingerprint density at radius 1 is 1.50 bits per heavy atom. The molecule has 0 saturated carbocycles. The highest BCUT2D eigenvalue weighted by Crippen LogP contribution is 1.93. The second-order valence-electron chi connectivity index (χ2n) is 1.96. The van der Waals surface area contributed by atoms with Gasteiger partial charge in [0, 0.05) is 0 Å². The zero-order chi connectivity index (χ0) is 8.15. The molecule has 0 bridgehead atoms. The first-order valence-corrected chi connectivity index (χ1v) is 2.81. The Morgan fingerprint density at radius 2 is 2.00 bits per heavy atom. The smallest absolute Gasteiger partial charge is 0.151 e. The highest BCUT2D eigenvalue weighted by molar-refractivity contribution is 5.56. The summed E-state index contributed by atoms with van der Waals surface area (Å²) in [6, 6.07) is -0.972. The summed E-state index contributed by atoms with van der Waals surface area (Å²) >= 11 is 0. The monoisotopic (exact) mass is 149 g/mol. The standard InChI is InChI=1S/C5H11NO4/c6-3(1-7)5(10)4(9)2-8/h2-5,7,9-10H,1,6H2. The largest absolute Gasteiger partial charge is 0.395 e. The van der Waals surface area contributed by atoms with E-state index in [0.717, 1.165) is 0 Å². The second-order valence-corrected chi connectivity index (χ2v) is 1.96. The summed E-state index contributed by atoms with van der Waals surface area (Å²) in [5, 5.41) is 25.8. The van der Waals surface area contributed by atoms with Gasteiger partial charge in [-0.3, -0.25) is 0 Å². The van der Waals surface area contributed by atoms with Crippen molar-refractivity contribution in [2.75, 3.05) is 6.61 Å². The molecule has 0 aromatic carbocycles. The minimum atomic E-state index is -1.51.